The Morgan fingerprint density at radius 3 is 2.38 bits per heavy atom. The summed E-state index contributed by atoms with van der Waals surface area (Å²) in [7, 11) is -3.98. The van der Waals surface area contributed by atoms with Gasteiger partial charge in [0.05, 0.1) is 16.8 Å². The van der Waals surface area contributed by atoms with Crippen LogP contribution in [0.5, 0.6) is 0 Å². The highest BCUT2D eigenvalue weighted by molar-refractivity contribution is 7.92. The van der Waals surface area contributed by atoms with Crippen LogP contribution in [0.4, 0.5) is 18.9 Å². The maximum absolute atomic E-state index is 12.4. The molecule has 0 radical (unpaired) electrons. The van der Waals surface area contributed by atoms with Crippen molar-refractivity contribution in [3.8, 4) is 5.82 Å². The Bertz CT molecular complexity index is 1080. The zero-order valence-corrected chi connectivity index (χ0v) is 15.4. The molecule has 0 fully saturated rings. The molecule has 2 heterocycles. The number of benzene rings is 1. The number of aromatic nitrogens is 3. The van der Waals surface area contributed by atoms with Gasteiger partial charge >= 0.3 is 6.18 Å². The van der Waals surface area contributed by atoms with Gasteiger partial charge in [-0.1, -0.05) is 0 Å². The maximum Gasteiger partial charge on any atom is 0.405 e. The third-order valence-corrected chi connectivity index (χ3v) is 5.01. The molecule has 3 rings (SSSR count). The smallest absolute Gasteiger partial charge is 0.343 e. The van der Waals surface area contributed by atoms with Crippen LogP contribution in [0.25, 0.3) is 5.82 Å². The summed E-state index contributed by atoms with van der Waals surface area (Å²) in [6.45, 7) is -1.48. The number of nitrogens with zero attached hydrogens (tertiary/aromatic N) is 3. The highest BCUT2D eigenvalue weighted by atomic mass is 32.2. The van der Waals surface area contributed by atoms with E-state index < -0.39 is 28.7 Å². The fourth-order valence-electron chi connectivity index (χ4n) is 2.27. The van der Waals surface area contributed by atoms with Crippen molar-refractivity contribution in [2.45, 2.75) is 11.1 Å². The molecule has 2 aromatic heterocycles. The summed E-state index contributed by atoms with van der Waals surface area (Å²) >= 11 is 0. The number of carbonyl (C=O) groups excluding carboxylic acids is 1. The molecule has 12 heteroatoms. The van der Waals surface area contributed by atoms with Crippen LogP contribution < -0.4 is 10.0 Å². The number of alkyl halides is 3. The third kappa shape index (κ3) is 5.31. The zero-order valence-electron chi connectivity index (χ0n) is 14.6. The van der Waals surface area contributed by atoms with E-state index in [2.05, 4.69) is 14.8 Å². The van der Waals surface area contributed by atoms with Crippen molar-refractivity contribution in [3.63, 3.8) is 0 Å². The van der Waals surface area contributed by atoms with E-state index in [0.717, 1.165) is 24.3 Å². The number of anilines is 1. The Morgan fingerprint density at radius 1 is 1.10 bits per heavy atom. The minimum Gasteiger partial charge on any atom is -0.343 e. The van der Waals surface area contributed by atoms with Crippen molar-refractivity contribution in [3.05, 3.63) is 66.6 Å². The van der Waals surface area contributed by atoms with Gasteiger partial charge in [0.2, 0.25) is 0 Å². The molecule has 1 amide bonds. The molecule has 1 aromatic carbocycles. The standard InChI is InChI=1S/C17H14F3N5O3S/c18-17(19,20)11-22-16(26)12-2-5-14(6-3-12)29(27,28)24-13-4-7-15(21-10-13)25-9-1-8-23-25/h1-10,24H,11H2,(H,22,26). The van der Waals surface area contributed by atoms with E-state index in [9.17, 15) is 26.4 Å². The fourth-order valence-corrected chi connectivity index (χ4v) is 3.31. The fraction of sp³-hybridized carbons (Fsp3) is 0.118. The van der Waals surface area contributed by atoms with Crippen molar-refractivity contribution in [2.24, 2.45) is 0 Å². The molecule has 152 valence electrons. The summed E-state index contributed by atoms with van der Waals surface area (Å²) in [5.74, 6) is -0.468. The summed E-state index contributed by atoms with van der Waals surface area (Å²) in [5.41, 5.74) is 0.103. The van der Waals surface area contributed by atoms with Crippen molar-refractivity contribution in [2.75, 3.05) is 11.3 Å². The largest absolute Gasteiger partial charge is 0.405 e. The van der Waals surface area contributed by atoms with Gasteiger partial charge in [-0.3, -0.25) is 9.52 Å². The van der Waals surface area contributed by atoms with E-state index in [1.54, 1.807) is 29.8 Å². The van der Waals surface area contributed by atoms with Gasteiger partial charge in [0.15, 0.2) is 5.82 Å². The minimum absolute atomic E-state index is 0.0987. The third-order valence-electron chi connectivity index (χ3n) is 3.62. The van der Waals surface area contributed by atoms with Gasteiger partial charge in [0.25, 0.3) is 15.9 Å². The first-order valence-electron chi connectivity index (χ1n) is 8.08. The summed E-state index contributed by atoms with van der Waals surface area (Å²) in [6, 6.07) is 9.27. The SMILES string of the molecule is O=C(NCC(F)(F)F)c1ccc(S(=O)(=O)Nc2ccc(-n3cccn3)nc2)cc1. The first-order chi connectivity index (χ1) is 13.6. The number of sulfonamides is 1. The number of pyridine rings is 1. The quantitative estimate of drug-likeness (QED) is 0.631. The second-order valence-electron chi connectivity index (χ2n) is 5.78. The van der Waals surface area contributed by atoms with Crippen molar-refractivity contribution >= 4 is 21.6 Å². The molecule has 0 unspecified atom stereocenters. The molecule has 8 nitrogen and oxygen atoms in total. The Hall–Kier alpha value is -3.41. The van der Waals surface area contributed by atoms with Crippen LogP contribution >= 0.6 is 0 Å². The number of halogens is 3. The Balaban J connectivity index is 1.68. The number of nitrogens with one attached hydrogen (secondary N) is 2. The second-order valence-corrected chi connectivity index (χ2v) is 7.47. The molecular formula is C17H14F3N5O3S. The lowest BCUT2D eigenvalue weighted by atomic mass is 10.2. The molecular weight excluding hydrogens is 411 g/mol. The van der Waals surface area contributed by atoms with Crippen molar-refractivity contribution in [1.82, 2.24) is 20.1 Å². The van der Waals surface area contributed by atoms with Gasteiger partial charge in [-0.2, -0.15) is 18.3 Å². The molecule has 0 aliphatic heterocycles. The van der Waals surface area contributed by atoms with Crippen LogP contribution in [0, 0.1) is 0 Å². The Morgan fingerprint density at radius 2 is 1.83 bits per heavy atom. The van der Waals surface area contributed by atoms with Crippen LogP contribution in [-0.2, 0) is 10.0 Å². The summed E-state index contributed by atoms with van der Waals surface area (Å²) in [6.07, 6.45) is 0.0291. The van der Waals surface area contributed by atoms with Crippen LogP contribution in [-0.4, -0.2) is 41.8 Å². The molecule has 0 atom stereocenters. The monoisotopic (exact) mass is 425 g/mol. The van der Waals surface area contributed by atoms with E-state index in [1.807, 2.05) is 0 Å². The van der Waals surface area contributed by atoms with Gasteiger partial charge in [0, 0.05) is 18.0 Å². The number of carbonyl (C=O) groups is 1. The van der Waals surface area contributed by atoms with Gasteiger partial charge in [-0.15, -0.1) is 0 Å². The van der Waals surface area contributed by atoms with Crippen LogP contribution in [0.1, 0.15) is 10.4 Å². The number of amides is 1. The predicted octanol–water partition coefficient (Wildman–Crippen LogP) is 2.36. The molecule has 0 aliphatic rings. The predicted molar refractivity (Wildman–Crippen MR) is 97.0 cm³/mol. The summed E-state index contributed by atoms with van der Waals surface area (Å²) in [5, 5.41) is 5.72. The van der Waals surface area contributed by atoms with Gasteiger partial charge in [-0.05, 0) is 42.5 Å². The number of hydrogen-bond donors (Lipinski definition) is 2. The lowest BCUT2D eigenvalue weighted by Crippen LogP contribution is -2.33. The van der Waals surface area contributed by atoms with Crippen molar-refractivity contribution < 1.29 is 26.4 Å². The molecule has 0 saturated heterocycles. The van der Waals surface area contributed by atoms with Crippen LogP contribution in [0.2, 0.25) is 0 Å². The lowest BCUT2D eigenvalue weighted by Gasteiger charge is -2.10. The minimum atomic E-state index is -4.54. The molecule has 3 aromatic rings. The average Bonchev–Trinajstić information content (AvgIpc) is 3.21. The number of rotatable bonds is 6. The topological polar surface area (TPSA) is 106 Å². The van der Waals surface area contributed by atoms with Gasteiger partial charge in [0.1, 0.15) is 6.54 Å². The molecule has 0 bridgehead atoms. The van der Waals surface area contributed by atoms with Crippen LogP contribution in [0.15, 0.2) is 66.0 Å². The Kier molecular flexibility index (Phi) is 5.55. The maximum atomic E-state index is 12.4. The summed E-state index contributed by atoms with van der Waals surface area (Å²) < 4.78 is 65.2. The van der Waals surface area contributed by atoms with Gasteiger partial charge in [-0.25, -0.2) is 18.1 Å². The summed E-state index contributed by atoms with van der Waals surface area (Å²) in [4.78, 5) is 15.6. The van der Waals surface area contributed by atoms with Crippen molar-refractivity contribution in [1.29, 1.82) is 0 Å². The number of hydrogen-bond acceptors (Lipinski definition) is 5. The normalized spacial score (nSPS) is 11.8. The average molecular weight is 425 g/mol. The molecule has 0 saturated carbocycles. The second kappa shape index (κ2) is 7.91. The van der Waals surface area contributed by atoms with E-state index in [1.165, 1.54) is 16.9 Å². The molecule has 0 aliphatic carbocycles. The molecule has 2 N–H and O–H groups in total. The highest BCUT2D eigenvalue weighted by Crippen LogP contribution is 2.17. The highest BCUT2D eigenvalue weighted by Gasteiger charge is 2.28. The first kappa shape index (κ1) is 20.3. The first-order valence-corrected chi connectivity index (χ1v) is 9.56. The van der Waals surface area contributed by atoms with E-state index >= 15 is 0 Å². The van der Waals surface area contributed by atoms with E-state index in [-0.39, 0.29) is 16.1 Å². The zero-order chi connectivity index (χ0) is 21.1. The van der Waals surface area contributed by atoms with E-state index in [4.69, 9.17) is 0 Å². The lowest BCUT2D eigenvalue weighted by molar-refractivity contribution is -0.123. The van der Waals surface area contributed by atoms with Gasteiger partial charge < -0.3 is 5.32 Å². The molecule has 0 spiro atoms. The van der Waals surface area contributed by atoms with Crippen LogP contribution in [0.3, 0.4) is 0 Å². The molecule has 29 heavy (non-hydrogen) atoms. The van der Waals surface area contributed by atoms with E-state index in [0.29, 0.717) is 5.82 Å². The Labute approximate surface area is 163 Å².